The molecule has 1 heterocycles. The van der Waals surface area contributed by atoms with Crippen LogP contribution in [0.4, 0.5) is 13.2 Å². The highest BCUT2D eigenvalue weighted by Crippen LogP contribution is 2.30. The lowest BCUT2D eigenvalue weighted by molar-refractivity contribution is 0.0592. The SMILES string of the molecule is Cc1ccc([C@@H](c2ccccc2)N2CCN(C(=O)c3cc(F)c(F)cc3F)CC2)cc1. The predicted octanol–water partition coefficient (Wildman–Crippen LogP) is 4.96. The number of aryl methyl sites for hydroxylation is 1. The van der Waals surface area contributed by atoms with Gasteiger partial charge in [-0.25, -0.2) is 13.2 Å². The summed E-state index contributed by atoms with van der Waals surface area (Å²) in [5, 5.41) is 0. The summed E-state index contributed by atoms with van der Waals surface area (Å²) in [6, 6.07) is 19.6. The fourth-order valence-corrected chi connectivity index (χ4v) is 4.04. The van der Waals surface area contributed by atoms with Crippen LogP contribution in [0.5, 0.6) is 0 Å². The van der Waals surface area contributed by atoms with Crippen LogP contribution in [0.1, 0.15) is 33.1 Å². The smallest absolute Gasteiger partial charge is 0.257 e. The van der Waals surface area contributed by atoms with Crippen molar-refractivity contribution in [1.82, 2.24) is 9.80 Å². The highest BCUT2D eigenvalue weighted by atomic mass is 19.2. The lowest BCUT2D eigenvalue weighted by atomic mass is 9.95. The van der Waals surface area contributed by atoms with Gasteiger partial charge in [-0.1, -0.05) is 60.2 Å². The van der Waals surface area contributed by atoms with E-state index in [1.165, 1.54) is 10.5 Å². The molecule has 0 bridgehead atoms. The highest BCUT2D eigenvalue weighted by Gasteiger charge is 2.30. The molecular formula is C25H23F3N2O. The normalized spacial score (nSPS) is 15.7. The number of halogens is 3. The van der Waals surface area contributed by atoms with E-state index in [1.807, 2.05) is 25.1 Å². The first-order valence-electron chi connectivity index (χ1n) is 10.2. The molecule has 3 nitrogen and oxygen atoms in total. The van der Waals surface area contributed by atoms with Gasteiger partial charge in [-0.15, -0.1) is 0 Å². The van der Waals surface area contributed by atoms with Crippen LogP contribution in [-0.4, -0.2) is 41.9 Å². The summed E-state index contributed by atoms with van der Waals surface area (Å²) in [6.45, 7) is 3.93. The van der Waals surface area contributed by atoms with Gasteiger partial charge in [-0.2, -0.15) is 0 Å². The second kappa shape index (κ2) is 8.94. The summed E-state index contributed by atoms with van der Waals surface area (Å²) in [6.07, 6.45) is 0. The van der Waals surface area contributed by atoms with E-state index < -0.39 is 28.9 Å². The third-order valence-corrected chi connectivity index (χ3v) is 5.72. The van der Waals surface area contributed by atoms with Crippen LogP contribution in [0.25, 0.3) is 0 Å². The van der Waals surface area contributed by atoms with Gasteiger partial charge in [0.05, 0.1) is 11.6 Å². The molecule has 0 unspecified atom stereocenters. The standard InChI is InChI=1S/C25H23F3N2O/c1-17-7-9-19(10-8-17)24(18-5-3-2-4-6-18)29-11-13-30(14-12-29)25(31)20-15-22(27)23(28)16-21(20)26/h2-10,15-16,24H,11-14H2,1H3/t24-/m1/s1. The number of hydrogen-bond donors (Lipinski definition) is 0. The van der Waals surface area contributed by atoms with Crippen LogP contribution in [0.2, 0.25) is 0 Å². The minimum atomic E-state index is -1.30. The second-order valence-corrected chi connectivity index (χ2v) is 7.80. The molecule has 3 aromatic carbocycles. The van der Waals surface area contributed by atoms with Gasteiger partial charge in [0.2, 0.25) is 0 Å². The average molecular weight is 424 g/mol. The molecule has 6 heteroatoms. The molecule has 0 N–H and O–H groups in total. The van der Waals surface area contributed by atoms with Crippen LogP contribution >= 0.6 is 0 Å². The van der Waals surface area contributed by atoms with Crippen molar-refractivity contribution in [3.05, 3.63) is 106 Å². The Morgan fingerprint density at radius 1 is 0.774 bits per heavy atom. The third-order valence-electron chi connectivity index (χ3n) is 5.72. The first kappa shape index (κ1) is 21.1. The zero-order valence-electron chi connectivity index (χ0n) is 17.2. The molecular weight excluding hydrogens is 401 g/mol. The van der Waals surface area contributed by atoms with Crippen LogP contribution < -0.4 is 0 Å². The topological polar surface area (TPSA) is 23.6 Å². The molecule has 0 saturated carbocycles. The molecule has 1 fully saturated rings. The summed E-state index contributed by atoms with van der Waals surface area (Å²) in [5.74, 6) is -4.20. The Labute approximate surface area is 179 Å². The van der Waals surface area contributed by atoms with Crippen molar-refractivity contribution >= 4 is 5.91 Å². The molecule has 160 valence electrons. The van der Waals surface area contributed by atoms with E-state index in [0.29, 0.717) is 38.3 Å². The van der Waals surface area contributed by atoms with Crippen molar-refractivity contribution in [2.75, 3.05) is 26.2 Å². The number of piperazine rings is 1. The largest absolute Gasteiger partial charge is 0.336 e. The fourth-order valence-electron chi connectivity index (χ4n) is 4.04. The molecule has 4 rings (SSSR count). The first-order valence-corrected chi connectivity index (χ1v) is 10.2. The summed E-state index contributed by atoms with van der Waals surface area (Å²) in [7, 11) is 0. The predicted molar refractivity (Wildman–Crippen MR) is 113 cm³/mol. The molecule has 1 aliphatic heterocycles. The Kier molecular flexibility index (Phi) is 6.09. The molecule has 1 atom stereocenters. The van der Waals surface area contributed by atoms with Gasteiger partial charge in [0.15, 0.2) is 11.6 Å². The van der Waals surface area contributed by atoms with E-state index >= 15 is 0 Å². The Hall–Kier alpha value is -3.12. The monoisotopic (exact) mass is 424 g/mol. The Balaban J connectivity index is 1.53. The van der Waals surface area contributed by atoms with E-state index in [4.69, 9.17) is 0 Å². The summed E-state index contributed by atoms with van der Waals surface area (Å²) < 4.78 is 40.8. The van der Waals surface area contributed by atoms with Gasteiger partial charge in [0.1, 0.15) is 5.82 Å². The van der Waals surface area contributed by atoms with Crippen molar-refractivity contribution in [1.29, 1.82) is 0 Å². The maximum Gasteiger partial charge on any atom is 0.257 e. The number of benzene rings is 3. The Morgan fingerprint density at radius 3 is 2.00 bits per heavy atom. The van der Waals surface area contributed by atoms with Gasteiger partial charge < -0.3 is 4.90 Å². The minimum Gasteiger partial charge on any atom is -0.336 e. The summed E-state index contributed by atoms with van der Waals surface area (Å²) in [5.41, 5.74) is 3.05. The van der Waals surface area contributed by atoms with E-state index in [2.05, 4.69) is 41.3 Å². The van der Waals surface area contributed by atoms with E-state index in [0.717, 1.165) is 11.1 Å². The van der Waals surface area contributed by atoms with Crippen LogP contribution in [0.15, 0.2) is 66.7 Å². The second-order valence-electron chi connectivity index (χ2n) is 7.80. The number of carbonyl (C=O) groups excluding carboxylic acids is 1. The average Bonchev–Trinajstić information content (AvgIpc) is 2.78. The Bertz CT molecular complexity index is 1060. The number of rotatable bonds is 4. The molecule has 1 aliphatic rings. The van der Waals surface area contributed by atoms with E-state index in [1.54, 1.807) is 0 Å². The molecule has 3 aromatic rings. The highest BCUT2D eigenvalue weighted by molar-refractivity contribution is 5.94. The summed E-state index contributed by atoms with van der Waals surface area (Å²) >= 11 is 0. The maximum absolute atomic E-state index is 14.1. The van der Waals surface area contributed by atoms with Gasteiger partial charge in [-0.3, -0.25) is 9.69 Å². The minimum absolute atomic E-state index is 0.0269. The van der Waals surface area contributed by atoms with Gasteiger partial charge >= 0.3 is 0 Å². The molecule has 0 aliphatic carbocycles. The zero-order chi connectivity index (χ0) is 22.0. The van der Waals surface area contributed by atoms with Crippen LogP contribution in [0.3, 0.4) is 0 Å². The van der Waals surface area contributed by atoms with Crippen molar-refractivity contribution in [3.63, 3.8) is 0 Å². The molecule has 0 radical (unpaired) electrons. The lowest BCUT2D eigenvalue weighted by Crippen LogP contribution is -2.50. The van der Waals surface area contributed by atoms with Gasteiger partial charge in [0, 0.05) is 32.2 Å². The number of nitrogens with zero attached hydrogens (tertiary/aromatic N) is 2. The number of hydrogen-bond acceptors (Lipinski definition) is 2. The molecule has 1 amide bonds. The van der Waals surface area contributed by atoms with Crippen LogP contribution in [0, 0.1) is 24.4 Å². The Morgan fingerprint density at radius 2 is 1.35 bits per heavy atom. The van der Waals surface area contributed by atoms with Crippen molar-refractivity contribution in [2.45, 2.75) is 13.0 Å². The van der Waals surface area contributed by atoms with E-state index in [9.17, 15) is 18.0 Å². The molecule has 0 spiro atoms. The lowest BCUT2D eigenvalue weighted by Gasteiger charge is -2.40. The number of carbonyl (C=O) groups is 1. The maximum atomic E-state index is 14.1. The van der Waals surface area contributed by atoms with Crippen molar-refractivity contribution in [3.8, 4) is 0 Å². The number of amides is 1. The van der Waals surface area contributed by atoms with Gasteiger partial charge in [-0.05, 0) is 24.1 Å². The van der Waals surface area contributed by atoms with Crippen molar-refractivity contribution in [2.24, 2.45) is 0 Å². The van der Waals surface area contributed by atoms with Crippen molar-refractivity contribution < 1.29 is 18.0 Å². The molecule has 1 saturated heterocycles. The fraction of sp³-hybridized carbons (Fsp3) is 0.240. The van der Waals surface area contributed by atoms with E-state index in [-0.39, 0.29) is 6.04 Å². The quantitative estimate of drug-likeness (QED) is 0.553. The first-order chi connectivity index (χ1) is 14.9. The third kappa shape index (κ3) is 4.49. The summed E-state index contributed by atoms with van der Waals surface area (Å²) in [4.78, 5) is 16.5. The van der Waals surface area contributed by atoms with Gasteiger partial charge in [0.25, 0.3) is 5.91 Å². The zero-order valence-corrected chi connectivity index (χ0v) is 17.2. The molecule has 0 aromatic heterocycles. The molecule has 31 heavy (non-hydrogen) atoms. The van der Waals surface area contributed by atoms with Crippen LogP contribution in [-0.2, 0) is 0 Å².